The number of nitrogens with zero attached hydrogens (tertiary/aromatic N) is 2. The van der Waals surface area contributed by atoms with Crippen LogP contribution in [0.4, 0.5) is 0 Å². The van der Waals surface area contributed by atoms with Gasteiger partial charge in [0.25, 0.3) is 0 Å². The summed E-state index contributed by atoms with van der Waals surface area (Å²) in [6, 6.07) is 8.13. The first-order valence-corrected chi connectivity index (χ1v) is 8.68. The van der Waals surface area contributed by atoms with Gasteiger partial charge in [-0.2, -0.15) is 5.10 Å². The number of nitrogens with one attached hydrogen (secondary N) is 1. The van der Waals surface area contributed by atoms with Crippen LogP contribution in [0.25, 0.3) is 5.69 Å². The van der Waals surface area contributed by atoms with Gasteiger partial charge in [-0.25, -0.2) is 4.68 Å². The van der Waals surface area contributed by atoms with Crippen molar-refractivity contribution < 1.29 is 4.79 Å². The summed E-state index contributed by atoms with van der Waals surface area (Å²) in [7, 11) is 0. The highest BCUT2D eigenvalue weighted by Crippen LogP contribution is 2.23. The van der Waals surface area contributed by atoms with Crippen molar-refractivity contribution >= 4 is 5.91 Å². The lowest BCUT2D eigenvalue weighted by molar-refractivity contribution is -0.118. The summed E-state index contributed by atoms with van der Waals surface area (Å²) in [5.41, 5.74) is 5.31. The summed E-state index contributed by atoms with van der Waals surface area (Å²) in [4.78, 5) is 12.4. The SMILES string of the molecule is Cc1ccccc1-n1ncc([C@H](C)NC(=O)C2=CCCCC2)c1C. The fraction of sp³-hybridized carbons (Fsp3) is 0.400. The van der Waals surface area contributed by atoms with E-state index in [2.05, 4.69) is 42.5 Å². The number of aryl methyl sites for hydroxylation is 1. The van der Waals surface area contributed by atoms with E-state index in [1.807, 2.05) is 29.9 Å². The molecular formula is C20H25N3O. The van der Waals surface area contributed by atoms with E-state index in [4.69, 9.17) is 0 Å². The lowest BCUT2D eigenvalue weighted by Gasteiger charge is -2.17. The second-order valence-electron chi connectivity index (χ2n) is 6.55. The zero-order valence-electron chi connectivity index (χ0n) is 14.7. The number of benzene rings is 1. The molecule has 4 nitrogen and oxygen atoms in total. The molecule has 0 bridgehead atoms. The van der Waals surface area contributed by atoms with Gasteiger partial charge in [-0.05, 0) is 58.1 Å². The molecule has 0 radical (unpaired) electrons. The fourth-order valence-corrected chi connectivity index (χ4v) is 3.30. The van der Waals surface area contributed by atoms with Crippen LogP contribution in [0.2, 0.25) is 0 Å². The molecule has 0 saturated heterocycles. The molecule has 1 atom stereocenters. The van der Waals surface area contributed by atoms with E-state index in [1.165, 1.54) is 12.0 Å². The summed E-state index contributed by atoms with van der Waals surface area (Å²) in [5, 5.41) is 7.66. The van der Waals surface area contributed by atoms with Gasteiger partial charge in [0, 0.05) is 16.8 Å². The topological polar surface area (TPSA) is 46.9 Å². The zero-order valence-corrected chi connectivity index (χ0v) is 14.7. The molecule has 1 aliphatic rings. The normalized spacial score (nSPS) is 15.7. The highest BCUT2D eigenvalue weighted by molar-refractivity contribution is 5.93. The fourth-order valence-electron chi connectivity index (χ4n) is 3.30. The second kappa shape index (κ2) is 7.04. The largest absolute Gasteiger partial charge is 0.346 e. The summed E-state index contributed by atoms with van der Waals surface area (Å²) in [6.07, 6.45) is 8.14. The number of carbonyl (C=O) groups excluding carboxylic acids is 1. The van der Waals surface area contributed by atoms with Crippen molar-refractivity contribution in [1.29, 1.82) is 0 Å². The highest BCUT2D eigenvalue weighted by Gasteiger charge is 2.19. The van der Waals surface area contributed by atoms with Gasteiger partial charge in [-0.3, -0.25) is 4.79 Å². The second-order valence-corrected chi connectivity index (χ2v) is 6.55. The molecule has 0 fully saturated rings. The van der Waals surface area contributed by atoms with Crippen LogP contribution in [-0.4, -0.2) is 15.7 Å². The van der Waals surface area contributed by atoms with Crippen LogP contribution in [0.3, 0.4) is 0 Å². The third kappa shape index (κ3) is 3.28. The highest BCUT2D eigenvalue weighted by atomic mass is 16.1. The molecule has 126 valence electrons. The van der Waals surface area contributed by atoms with Crippen molar-refractivity contribution in [2.75, 3.05) is 0 Å². The Balaban J connectivity index is 1.79. The van der Waals surface area contributed by atoms with E-state index in [9.17, 15) is 4.79 Å². The molecule has 0 saturated carbocycles. The lowest BCUT2D eigenvalue weighted by atomic mass is 9.98. The molecule has 1 aliphatic carbocycles. The smallest absolute Gasteiger partial charge is 0.247 e. The van der Waals surface area contributed by atoms with Crippen molar-refractivity contribution in [3.63, 3.8) is 0 Å². The average Bonchev–Trinajstić information content (AvgIpc) is 2.97. The number of aromatic nitrogens is 2. The summed E-state index contributed by atoms with van der Waals surface area (Å²) < 4.78 is 1.95. The first-order valence-electron chi connectivity index (χ1n) is 8.68. The van der Waals surface area contributed by atoms with E-state index >= 15 is 0 Å². The monoisotopic (exact) mass is 323 g/mol. The molecule has 0 spiro atoms. The van der Waals surface area contributed by atoms with Gasteiger partial charge in [0.05, 0.1) is 17.9 Å². The molecule has 2 aromatic rings. The molecule has 3 rings (SSSR count). The Morgan fingerprint density at radius 3 is 2.75 bits per heavy atom. The standard InChI is InChI=1S/C20H25N3O/c1-14-9-7-8-12-19(14)23-16(3)18(13-21-23)15(2)22-20(24)17-10-5-4-6-11-17/h7-10,12-13,15H,4-6,11H2,1-3H3,(H,22,24)/t15-/m0/s1. The molecule has 1 aromatic carbocycles. The minimum Gasteiger partial charge on any atom is -0.346 e. The maximum atomic E-state index is 12.4. The molecule has 0 unspecified atom stereocenters. The number of carbonyl (C=O) groups is 1. The van der Waals surface area contributed by atoms with Crippen LogP contribution in [-0.2, 0) is 4.79 Å². The Morgan fingerprint density at radius 1 is 1.25 bits per heavy atom. The van der Waals surface area contributed by atoms with E-state index in [0.29, 0.717) is 0 Å². The molecule has 1 heterocycles. The van der Waals surface area contributed by atoms with Crippen LogP contribution in [0.15, 0.2) is 42.1 Å². The van der Waals surface area contributed by atoms with Crippen molar-refractivity contribution in [1.82, 2.24) is 15.1 Å². The van der Waals surface area contributed by atoms with Crippen molar-refractivity contribution in [3.8, 4) is 5.69 Å². The Kier molecular flexibility index (Phi) is 4.84. The number of hydrogen-bond donors (Lipinski definition) is 1. The van der Waals surface area contributed by atoms with E-state index in [-0.39, 0.29) is 11.9 Å². The molecule has 1 amide bonds. The Bertz CT molecular complexity index is 773. The third-order valence-corrected chi connectivity index (χ3v) is 4.79. The Morgan fingerprint density at radius 2 is 2.04 bits per heavy atom. The average molecular weight is 323 g/mol. The summed E-state index contributed by atoms with van der Waals surface area (Å²) in [5.74, 6) is 0.0604. The number of allylic oxidation sites excluding steroid dienone is 1. The van der Waals surface area contributed by atoms with Crippen LogP contribution in [0.1, 0.15) is 55.5 Å². The maximum Gasteiger partial charge on any atom is 0.247 e. The third-order valence-electron chi connectivity index (χ3n) is 4.79. The lowest BCUT2D eigenvalue weighted by Crippen LogP contribution is -2.28. The van der Waals surface area contributed by atoms with Crippen LogP contribution >= 0.6 is 0 Å². The van der Waals surface area contributed by atoms with Crippen molar-refractivity contribution in [2.24, 2.45) is 0 Å². The molecule has 1 N–H and O–H groups in total. The Hall–Kier alpha value is -2.36. The molecular weight excluding hydrogens is 298 g/mol. The van der Waals surface area contributed by atoms with Crippen LogP contribution in [0.5, 0.6) is 0 Å². The zero-order chi connectivity index (χ0) is 17.1. The predicted molar refractivity (Wildman–Crippen MR) is 96.1 cm³/mol. The number of hydrogen-bond acceptors (Lipinski definition) is 2. The minimum absolute atomic E-state index is 0.0573. The van der Waals surface area contributed by atoms with Gasteiger partial charge < -0.3 is 5.32 Å². The first kappa shape index (κ1) is 16.5. The first-order chi connectivity index (χ1) is 11.6. The van der Waals surface area contributed by atoms with Crippen molar-refractivity contribution in [3.05, 3.63) is 58.9 Å². The van der Waals surface area contributed by atoms with Gasteiger partial charge in [0.15, 0.2) is 0 Å². The Labute approximate surface area is 143 Å². The van der Waals surface area contributed by atoms with Gasteiger partial charge >= 0.3 is 0 Å². The van der Waals surface area contributed by atoms with E-state index < -0.39 is 0 Å². The molecule has 1 aromatic heterocycles. The predicted octanol–water partition coefficient (Wildman–Crippen LogP) is 4.17. The van der Waals surface area contributed by atoms with Gasteiger partial charge in [-0.15, -0.1) is 0 Å². The van der Waals surface area contributed by atoms with E-state index in [0.717, 1.165) is 41.8 Å². The van der Waals surface area contributed by atoms with Gasteiger partial charge in [0.1, 0.15) is 0 Å². The minimum atomic E-state index is -0.0573. The van der Waals surface area contributed by atoms with Crippen LogP contribution in [0, 0.1) is 13.8 Å². The molecule has 0 aliphatic heterocycles. The maximum absolute atomic E-state index is 12.4. The van der Waals surface area contributed by atoms with Crippen molar-refractivity contribution in [2.45, 2.75) is 52.5 Å². The molecule has 24 heavy (non-hydrogen) atoms. The van der Waals surface area contributed by atoms with Gasteiger partial charge in [-0.1, -0.05) is 24.3 Å². The number of amides is 1. The summed E-state index contributed by atoms with van der Waals surface area (Å²) >= 11 is 0. The van der Waals surface area contributed by atoms with Gasteiger partial charge in [0.2, 0.25) is 5.91 Å². The number of rotatable bonds is 4. The molecule has 4 heteroatoms. The van der Waals surface area contributed by atoms with E-state index in [1.54, 1.807) is 0 Å². The number of para-hydroxylation sites is 1. The summed E-state index contributed by atoms with van der Waals surface area (Å²) in [6.45, 7) is 6.15. The quantitative estimate of drug-likeness (QED) is 0.918. The van der Waals surface area contributed by atoms with Crippen LogP contribution < -0.4 is 5.32 Å².